The van der Waals surface area contributed by atoms with Gasteiger partial charge in [0.15, 0.2) is 0 Å². The van der Waals surface area contributed by atoms with Crippen molar-refractivity contribution in [2.45, 2.75) is 25.8 Å². The Balaban J connectivity index is 1.58. The Morgan fingerprint density at radius 3 is 2.23 bits per heavy atom. The molecule has 0 amide bonds. The Morgan fingerprint density at radius 1 is 0.871 bits per heavy atom. The maximum absolute atomic E-state index is 6.59. The molecular formula is C26H27Cl3N2. The van der Waals surface area contributed by atoms with Gasteiger partial charge in [0.2, 0.25) is 0 Å². The summed E-state index contributed by atoms with van der Waals surface area (Å²) >= 11 is 18.9. The van der Waals surface area contributed by atoms with Crippen molar-refractivity contribution in [1.82, 2.24) is 4.90 Å². The fourth-order valence-corrected chi connectivity index (χ4v) is 5.01. The van der Waals surface area contributed by atoms with Crippen LogP contribution >= 0.6 is 34.8 Å². The molecule has 1 heterocycles. The summed E-state index contributed by atoms with van der Waals surface area (Å²) < 4.78 is 0. The van der Waals surface area contributed by atoms with Crippen LogP contribution in [0.15, 0.2) is 66.7 Å². The molecule has 0 saturated carbocycles. The number of hydrogen-bond acceptors (Lipinski definition) is 2. The SMILES string of the molecule is Cc1ccc([C@@H](C)CN2CCN(c3ccc(Cl)cc3Cl)[C@H](c3ccc(Cl)cc3)C2)cc1. The molecule has 1 aliphatic rings. The van der Waals surface area contributed by atoms with Gasteiger partial charge in [0.25, 0.3) is 0 Å². The van der Waals surface area contributed by atoms with E-state index in [0.29, 0.717) is 16.0 Å². The maximum atomic E-state index is 6.59. The van der Waals surface area contributed by atoms with E-state index in [1.54, 1.807) is 0 Å². The van der Waals surface area contributed by atoms with Gasteiger partial charge in [-0.1, -0.05) is 83.7 Å². The van der Waals surface area contributed by atoms with E-state index >= 15 is 0 Å². The lowest BCUT2D eigenvalue weighted by molar-refractivity contribution is 0.214. The van der Waals surface area contributed by atoms with Crippen LogP contribution in [-0.4, -0.2) is 31.1 Å². The second-order valence-electron chi connectivity index (χ2n) is 8.43. The third-order valence-corrected chi connectivity index (χ3v) is 6.91. The van der Waals surface area contributed by atoms with Gasteiger partial charge in [0.05, 0.1) is 16.8 Å². The summed E-state index contributed by atoms with van der Waals surface area (Å²) in [5.74, 6) is 0.470. The zero-order valence-corrected chi connectivity index (χ0v) is 20.1. The number of aryl methyl sites for hydroxylation is 1. The fraction of sp³-hybridized carbons (Fsp3) is 0.308. The number of hydrogen-bond donors (Lipinski definition) is 0. The summed E-state index contributed by atoms with van der Waals surface area (Å²) in [5, 5.41) is 2.09. The molecule has 1 fully saturated rings. The Labute approximate surface area is 200 Å². The van der Waals surface area contributed by atoms with E-state index in [1.807, 2.05) is 30.3 Å². The van der Waals surface area contributed by atoms with Gasteiger partial charge in [0.1, 0.15) is 0 Å². The molecule has 31 heavy (non-hydrogen) atoms. The molecular weight excluding hydrogens is 447 g/mol. The zero-order valence-electron chi connectivity index (χ0n) is 17.9. The second kappa shape index (κ2) is 9.83. The minimum absolute atomic E-state index is 0.190. The van der Waals surface area contributed by atoms with Crippen molar-refractivity contribution in [3.05, 3.63) is 98.5 Å². The van der Waals surface area contributed by atoms with Crippen molar-refractivity contribution in [1.29, 1.82) is 0 Å². The molecule has 0 unspecified atom stereocenters. The molecule has 0 aromatic heterocycles. The average Bonchev–Trinajstić information content (AvgIpc) is 2.75. The quantitative estimate of drug-likeness (QED) is 0.376. The second-order valence-corrected chi connectivity index (χ2v) is 9.71. The highest BCUT2D eigenvalue weighted by Gasteiger charge is 2.30. The van der Waals surface area contributed by atoms with Gasteiger partial charge in [-0.25, -0.2) is 0 Å². The number of benzene rings is 3. The van der Waals surface area contributed by atoms with Crippen LogP contribution in [0.1, 0.15) is 35.6 Å². The standard InChI is InChI=1S/C26H27Cl3N2/c1-18-3-5-20(6-4-18)19(2)16-30-13-14-31(25-12-11-23(28)15-24(25)29)26(17-30)21-7-9-22(27)10-8-21/h3-12,15,19,26H,13-14,16-17H2,1-2H3/t19-,26-/m0/s1. The molecule has 3 aromatic carbocycles. The highest BCUT2D eigenvalue weighted by Crippen LogP contribution is 2.37. The highest BCUT2D eigenvalue weighted by atomic mass is 35.5. The molecule has 2 atom stereocenters. The van der Waals surface area contributed by atoms with Gasteiger partial charge in [-0.05, 0) is 54.3 Å². The molecule has 0 N–H and O–H groups in total. The first-order valence-corrected chi connectivity index (χ1v) is 11.8. The molecule has 1 saturated heterocycles. The minimum Gasteiger partial charge on any atom is -0.361 e. The van der Waals surface area contributed by atoms with Gasteiger partial charge in [-0.3, -0.25) is 4.90 Å². The zero-order chi connectivity index (χ0) is 22.0. The Bertz CT molecular complexity index is 1020. The summed E-state index contributed by atoms with van der Waals surface area (Å²) in [4.78, 5) is 4.96. The van der Waals surface area contributed by atoms with Crippen LogP contribution in [0.3, 0.4) is 0 Å². The first kappa shape index (κ1) is 22.5. The molecule has 3 aromatic rings. The van der Waals surface area contributed by atoms with Crippen LogP contribution in [-0.2, 0) is 0 Å². The molecule has 0 aliphatic carbocycles. The molecule has 0 spiro atoms. The van der Waals surface area contributed by atoms with Crippen LogP contribution in [0, 0.1) is 6.92 Å². The highest BCUT2D eigenvalue weighted by molar-refractivity contribution is 6.36. The number of rotatable bonds is 5. The predicted molar refractivity (Wildman–Crippen MR) is 134 cm³/mol. The van der Waals surface area contributed by atoms with Crippen molar-refractivity contribution < 1.29 is 0 Å². The monoisotopic (exact) mass is 472 g/mol. The first-order chi connectivity index (χ1) is 14.9. The molecule has 0 radical (unpaired) electrons. The normalized spacial score (nSPS) is 18.2. The number of nitrogens with zero attached hydrogens (tertiary/aromatic N) is 2. The Kier molecular flexibility index (Phi) is 7.13. The Hall–Kier alpha value is -1.71. The van der Waals surface area contributed by atoms with Gasteiger partial charge in [0, 0.05) is 36.2 Å². The largest absolute Gasteiger partial charge is 0.361 e. The average molecular weight is 474 g/mol. The van der Waals surface area contributed by atoms with Gasteiger partial charge in [-0.15, -0.1) is 0 Å². The molecule has 5 heteroatoms. The van der Waals surface area contributed by atoms with E-state index in [0.717, 1.165) is 36.9 Å². The topological polar surface area (TPSA) is 6.48 Å². The third-order valence-electron chi connectivity index (χ3n) is 6.12. The van der Waals surface area contributed by atoms with E-state index in [4.69, 9.17) is 34.8 Å². The van der Waals surface area contributed by atoms with Crippen molar-refractivity contribution in [2.24, 2.45) is 0 Å². The predicted octanol–water partition coefficient (Wildman–Crippen LogP) is 7.62. The summed E-state index contributed by atoms with van der Waals surface area (Å²) in [5.41, 5.74) is 4.95. The summed E-state index contributed by atoms with van der Waals surface area (Å²) in [6.45, 7) is 8.28. The van der Waals surface area contributed by atoms with Gasteiger partial charge in [-0.2, -0.15) is 0 Å². The first-order valence-electron chi connectivity index (χ1n) is 10.7. The summed E-state index contributed by atoms with van der Waals surface area (Å²) in [7, 11) is 0. The van der Waals surface area contributed by atoms with E-state index in [2.05, 4.69) is 60.0 Å². The fourth-order valence-electron chi connectivity index (χ4n) is 4.37. The van der Waals surface area contributed by atoms with Crippen molar-refractivity contribution in [2.75, 3.05) is 31.1 Å². The number of halogens is 3. The lowest BCUT2D eigenvalue weighted by Crippen LogP contribution is -2.49. The third kappa shape index (κ3) is 5.38. The number of anilines is 1. The minimum atomic E-state index is 0.190. The number of piperazine rings is 1. The van der Waals surface area contributed by atoms with Crippen LogP contribution in [0.2, 0.25) is 15.1 Å². The smallest absolute Gasteiger partial charge is 0.0670 e. The van der Waals surface area contributed by atoms with E-state index in [-0.39, 0.29) is 6.04 Å². The van der Waals surface area contributed by atoms with E-state index in [9.17, 15) is 0 Å². The van der Waals surface area contributed by atoms with Crippen LogP contribution in [0.25, 0.3) is 0 Å². The Morgan fingerprint density at radius 2 is 1.55 bits per heavy atom. The van der Waals surface area contributed by atoms with E-state index < -0.39 is 0 Å². The molecule has 1 aliphatic heterocycles. The van der Waals surface area contributed by atoms with Gasteiger partial charge < -0.3 is 4.90 Å². The van der Waals surface area contributed by atoms with Crippen LogP contribution < -0.4 is 4.90 Å². The summed E-state index contributed by atoms with van der Waals surface area (Å²) in [6.07, 6.45) is 0. The molecule has 162 valence electrons. The maximum Gasteiger partial charge on any atom is 0.0670 e. The van der Waals surface area contributed by atoms with Crippen molar-refractivity contribution in [3.63, 3.8) is 0 Å². The van der Waals surface area contributed by atoms with Crippen LogP contribution in [0.4, 0.5) is 5.69 Å². The molecule has 2 nitrogen and oxygen atoms in total. The lowest BCUT2D eigenvalue weighted by Gasteiger charge is -2.44. The van der Waals surface area contributed by atoms with Crippen LogP contribution in [0.5, 0.6) is 0 Å². The summed E-state index contributed by atoms with van der Waals surface area (Å²) in [6, 6.07) is 23.0. The lowest BCUT2D eigenvalue weighted by atomic mass is 9.97. The van der Waals surface area contributed by atoms with Crippen molar-refractivity contribution in [3.8, 4) is 0 Å². The molecule has 0 bridgehead atoms. The van der Waals surface area contributed by atoms with Gasteiger partial charge >= 0.3 is 0 Å². The van der Waals surface area contributed by atoms with Crippen molar-refractivity contribution >= 4 is 40.5 Å². The molecule has 4 rings (SSSR count). The van der Waals surface area contributed by atoms with E-state index in [1.165, 1.54) is 16.7 Å².